The number of rotatable bonds is 4. The van der Waals surface area contributed by atoms with E-state index >= 15 is 0 Å². The van der Waals surface area contributed by atoms with Crippen LogP contribution in [0.1, 0.15) is 38.5 Å². The standard InChI is InChI=1S/C21H26Cl2N4O3/c22-15-5-4-14(12-16(15)23)27-18(28)13-17(19(27)29)25-10-6-21(7-11-25,20(24)30)26-8-2-1-3-9-26/h4-5,12,17H,1-3,6-11,13H2,(H2,24,30). The van der Waals surface area contributed by atoms with Crippen molar-refractivity contribution in [2.24, 2.45) is 5.73 Å². The van der Waals surface area contributed by atoms with Crippen molar-refractivity contribution < 1.29 is 14.4 Å². The van der Waals surface area contributed by atoms with Crippen LogP contribution >= 0.6 is 23.2 Å². The van der Waals surface area contributed by atoms with Gasteiger partial charge in [0.2, 0.25) is 11.8 Å². The third-order valence-electron chi connectivity index (χ3n) is 6.77. The van der Waals surface area contributed by atoms with E-state index in [0.717, 1.165) is 25.9 Å². The minimum Gasteiger partial charge on any atom is -0.368 e. The lowest BCUT2D eigenvalue weighted by molar-refractivity contribution is -0.136. The molecule has 0 aliphatic carbocycles. The van der Waals surface area contributed by atoms with Gasteiger partial charge in [-0.15, -0.1) is 0 Å². The average Bonchev–Trinajstić information content (AvgIpc) is 3.04. The molecule has 1 unspecified atom stereocenters. The molecule has 9 heteroatoms. The zero-order valence-electron chi connectivity index (χ0n) is 16.8. The Bertz CT molecular complexity index is 864. The third-order valence-corrected chi connectivity index (χ3v) is 7.51. The Balaban J connectivity index is 1.48. The number of likely N-dealkylation sites (tertiary alicyclic amines) is 2. The number of carbonyl (C=O) groups is 3. The lowest BCUT2D eigenvalue weighted by atomic mass is 9.83. The summed E-state index contributed by atoms with van der Waals surface area (Å²) in [7, 11) is 0. The summed E-state index contributed by atoms with van der Waals surface area (Å²) in [5, 5.41) is 0.663. The van der Waals surface area contributed by atoms with Crippen molar-refractivity contribution in [2.45, 2.75) is 50.1 Å². The predicted molar refractivity (Wildman–Crippen MR) is 116 cm³/mol. The van der Waals surface area contributed by atoms with E-state index in [1.165, 1.54) is 17.4 Å². The fourth-order valence-corrected chi connectivity index (χ4v) is 5.33. The number of piperidine rings is 2. The highest BCUT2D eigenvalue weighted by molar-refractivity contribution is 6.42. The summed E-state index contributed by atoms with van der Waals surface area (Å²) < 4.78 is 0. The summed E-state index contributed by atoms with van der Waals surface area (Å²) in [6.07, 6.45) is 4.60. The zero-order chi connectivity index (χ0) is 21.5. The van der Waals surface area contributed by atoms with Crippen molar-refractivity contribution in [1.82, 2.24) is 9.80 Å². The molecule has 0 spiro atoms. The van der Waals surface area contributed by atoms with Crippen LogP contribution in [0.25, 0.3) is 0 Å². The maximum Gasteiger partial charge on any atom is 0.251 e. The van der Waals surface area contributed by atoms with Gasteiger partial charge in [0.15, 0.2) is 0 Å². The summed E-state index contributed by atoms with van der Waals surface area (Å²) in [5.74, 6) is -0.801. The van der Waals surface area contributed by atoms with Crippen LogP contribution in [0, 0.1) is 0 Å². The fourth-order valence-electron chi connectivity index (χ4n) is 5.04. The van der Waals surface area contributed by atoms with Gasteiger partial charge < -0.3 is 5.73 Å². The van der Waals surface area contributed by atoms with Crippen molar-refractivity contribution in [3.05, 3.63) is 28.2 Å². The number of amides is 3. The third kappa shape index (κ3) is 3.73. The number of halogens is 2. The van der Waals surface area contributed by atoms with E-state index in [1.54, 1.807) is 12.1 Å². The molecule has 4 rings (SSSR count). The predicted octanol–water partition coefficient (Wildman–Crippen LogP) is 2.43. The van der Waals surface area contributed by atoms with Gasteiger partial charge in [0.1, 0.15) is 5.54 Å². The van der Waals surface area contributed by atoms with Crippen LogP contribution in [0.15, 0.2) is 18.2 Å². The number of hydrogen-bond acceptors (Lipinski definition) is 5. The van der Waals surface area contributed by atoms with Crippen LogP contribution < -0.4 is 10.6 Å². The van der Waals surface area contributed by atoms with Crippen molar-refractivity contribution in [3.63, 3.8) is 0 Å². The molecule has 1 aromatic rings. The Kier molecular flexibility index (Phi) is 6.08. The Labute approximate surface area is 186 Å². The first-order valence-corrected chi connectivity index (χ1v) is 11.2. The SMILES string of the molecule is NC(=O)C1(N2CCCCC2)CCN(C2CC(=O)N(c3ccc(Cl)c(Cl)c3)C2=O)CC1. The number of nitrogens with zero attached hydrogens (tertiary/aromatic N) is 3. The van der Waals surface area contributed by atoms with Crippen LogP contribution in [0.2, 0.25) is 10.0 Å². The number of primary amides is 1. The molecule has 1 aromatic carbocycles. The van der Waals surface area contributed by atoms with Gasteiger partial charge in [0.05, 0.1) is 28.2 Å². The molecule has 7 nitrogen and oxygen atoms in total. The number of nitrogens with two attached hydrogens (primary N) is 1. The second-order valence-corrected chi connectivity index (χ2v) is 9.18. The monoisotopic (exact) mass is 452 g/mol. The number of benzene rings is 1. The zero-order valence-corrected chi connectivity index (χ0v) is 18.3. The summed E-state index contributed by atoms with van der Waals surface area (Å²) in [6, 6.07) is 4.21. The van der Waals surface area contributed by atoms with E-state index in [2.05, 4.69) is 4.90 Å². The maximum absolute atomic E-state index is 13.1. The van der Waals surface area contributed by atoms with E-state index in [4.69, 9.17) is 28.9 Å². The minimum absolute atomic E-state index is 0.117. The van der Waals surface area contributed by atoms with E-state index in [-0.39, 0.29) is 24.1 Å². The molecule has 0 aromatic heterocycles. The molecule has 3 aliphatic heterocycles. The van der Waals surface area contributed by atoms with Crippen molar-refractivity contribution in [3.8, 4) is 0 Å². The first kappa shape index (κ1) is 21.6. The van der Waals surface area contributed by atoms with E-state index < -0.39 is 11.6 Å². The second kappa shape index (κ2) is 8.46. The minimum atomic E-state index is -0.647. The highest BCUT2D eigenvalue weighted by Crippen LogP contribution is 2.35. The summed E-state index contributed by atoms with van der Waals surface area (Å²) in [6.45, 7) is 2.88. The quantitative estimate of drug-likeness (QED) is 0.708. The molecule has 162 valence electrons. The maximum atomic E-state index is 13.1. The molecule has 30 heavy (non-hydrogen) atoms. The Hall–Kier alpha value is -1.67. The molecule has 0 radical (unpaired) electrons. The Morgan fingerprint density at radius 2 is 1.67 bits per heavy atom. The molecular weight excluding hydrogens is 427 g/mol. The molecule has 0 saturated carbocycles. The summed E-state index contributed by atoms with van der Waals surface area (Å²) in [5.41, 5.74) is 5.64. The van der Waals surface area contributed by atoms with Gasteiger partial charge in [-0.2, -0.15) is 0 Å². The highest BCUT2D eigenvalue weighted by Gasteiger charge is 2.49. The molecule has 2 N–H and O–H groups in total. The van der Waals surface area contributed by atoms with Gasteiger partial charge in [0, 0.05) is 13.1 Å². The highest BCUT2D eigenvalue weighted by atomic mass is 35.5. The van der Waals surface area contributed by atoms with E-state index in [0.29, 0.717) is 41.7 Å². The van der Waals surface area contributed by atoms with E-state index in [9.17, 15) is 14.4 Å². The van der Waals surface area contributed by atoms with E-state index in [1.807, 2.05) is 4.90 Å². The molecule has 3 amide bonds. The molecular formula is C21H26Cl2N4O3. The lowest BCUT2D eigenvalue weighted by Gasteiger charge is -2.48. The molecule has 3 fully saturated rings. The number of hydrogen-bond donors (Lipinski definition) is 1. The average molecular weight is 453 g/mol. The van der Waals surface area contributed by atoms with Gasteiger partial charge in [0.25, 0.3) is 5.91 Å². The van der Waals surface area contributed by atoms with Crippen LogP contribution in [-0.4, -0.2) is 65.3 Å². The normalized spacial score (nSPS) is 25.7. The topological polar surface area (TPSA) is 87.0 Å². The Morgan fingerprint density at radius 1 is 1.00 bits per heavy atom. The van der Waals surface area contributed by atoms with Gasteiger partial charge >= 0.3 is 0 Å². The molecule has 3 saturated heterocycles. The van der Waals surface area contributed by atoms with Crippen molar-refractivity contribution in [1.29, 1.82) is 0 Å². The van der Waals surface area contributed by atoms with Crippen LogP contribution in [-0.2, 0) is 14.4 Å². The number of carbonyl (C=O) groups excluding carboxylic acids is 3. The summed E-state index contributed by atoms with van der Waals surface area (Å²) in [4.78, 5) is 43.6. The van der Waals surface area contributed by atoms with Gasteiger partial charge in [-0.05, 0) is 57.0 Å². The molecule has 3 heterocycles. The molecule has 3 aliphatic rings. The van der Waals surface area contributed by atoms with Crippen molar-refractivity contribution in [2.75, 3.05) is 31.1 Å². The van der Waals surface area contributed by atoms with Crippen LogP contribution in [0.3, 0.4) is 0 Å². The van der Waals surface area contributed by atoms with Gasteiger partial charge in [-0.25, -0.2) is 4.90 Å². The first-order valence-electron chi connectivity index (χ1n) is 10.4. The first-order chi connectivity index (χ1) is 14.3. The van der Waals surface area contributed by atoms with Crippen LogP contribution in [0.4, 0.5) is 5.69 Å². The van der Waals surface area contributed by atoms with Crippen molar-refractivity contribution >= 4 is 46.6 Å². The number of anilines is 1. The van der Waals surface area contributed by atoms with Gasteiger partial charge in [-0.3, -0.25) is 24.2 Å². The van der Waals surface area contributed by atoms with Crippen LogP contribution in [0.5, 0.6) is 0 Å². The molecule has 0 bridgehead atoms. The Morgan fingerprint density at radius 3 is 2.27 bits per heavy atom. The van der Waals surface area contributed by atoms with Gasteiger partial charge in [-0.1, -0.05) is 29.6 Å². The summed E-state index contributed by atoms with van der Waals surface area (Å²) >= 11 is 12.0. The smallest absolute Gasteiger partial charge is 0.251 e. The largest absolute Gasteiger partial charge is 0.368 e. The fraction of sp³-hybridized carbons (Fsp3) is 0.571. The second-order valence-electron chi connectivity index (χ2n) is 8.37. The number of imide groups is 1. The molecule has 1 atom stereocenters. The lowest BCUT2D eigenvalue weighted by Crippen LogP contribution is -2.64.